The highest BCUT2D eigenvalue weighted by Crippen LogP contribution is 2.39. The van der Waals surface area contributed by atoms with E-state index < -0.39 is 50.9 Å². The summed E-state index contributed by atoms with van der Waals surface area (Å²) in [5.74, 6) is -1.67. The molecule has 7 N–H and O–H groups in total. The van der Waals surface area contributed by atoms with E-state index in [4.69, 9.17) is 23.1 Å². The number of benzene rings is 1. The Morgan fingerprint density at radius 2 is 1.83 bits per heavy atom. The lowest BCUT2D eigenvalue weighted by atomic mass is 9.96. The zero-order valence-corrected chi connectivity index (χ0v) is 29.4. The van der Waals surface area contributed by atoms with E-state index in [0.29, 0.717) is 51.9 Å². The predicted molar refractivity (Wildman–Crippen MR) is 181 cm³/mol. The number of rotatable bonds is 8. The molecule has 15 heteroatoms. The molecule has 0 bridgehead atoms. The summed E-state index contributed by atoms with van der Waals surface area (Å²) in [5.41, 5.74) is 13.9. The topological polar surface area (TPSA) is 190 Å². The first-order valence-corrected chi connectivity index (χ1v) is 18.5. The summed E-state index contributed by atoms with van der Waals surface area (Å²) in [7, 11) is -1.83. The van der Waals surface area contributed by atoms with Crippen molar-refractivity contribution in [1.82, 2.24) is 25.8 Å². The number of pyridine rings is 1. The minimum absolute atomic E-state index is 0.0614. The van der Waals surface area contributed by atoms with Crippen LogP contribution in [-0.4, -0.2) is 85.8 Å². The number of nitrogens with zero attached hydrogens (tertiary/aromatic N) is 2. The number of aromatic nitrogens is 1. The van der Waals surface area contributed by atoms with Crippen molar-refractivity contribution in [3.8, 4) is 0 Å². The minimum atomic E-state index is -3.34. The Hall–Kier alpha value is -2.75. The molecular formula is C31H46ClN7O5S2. The fourth-order valence-electron chi connectivity index (χ4n) is 5.28. The number of nitrogens with one attached hydrogen (secondary N) is 3. The number of carbonyl (C=O) groups excluding carboxylic acids is 3. The van der Waals surface area contributed by atoms with E-state index in [9.17, 15) is 22.8 Å². The Morgan fingerprint density at radius 1 is 1.11 bits per heavy atom. The molecular weight excluding hydrogens is 650 g/mol. The molecule has 254 valence electrons. The van der Waals surface area contributed by atoms with Gasteiger partial charge in [0.1, 0.15) is 17.1 Å². The summed E-state index contributed by atoms with van der Waals surface area (Å²) in [5, 5.41) is 9.36. The maximum absolute atomic E-state index is 13.6. The van der Waals surface area contributed by atoms with Gasteiger partial charge in [0.2, 0.25) is 17.7 Å². The first-order chi connectivity index (χ1) is 21.7. The number of fused-ring (bicyclic) bond motifs is 2. The molecule has 1 unspecified atom stereocenters. The molecule has 0 saturated heterocycles. The van der Waals surface area contributed by atoms with Crippen LogP contribution in [0.5, 0.6) is 0 Å². The van der Waals surface area contributed by atoms with Crippen LogP contribution < -0.4 is 27.4 Å². The first kappa shape index (κ1) is 37.7. The summed E-state index contributed by atoms with van der Waals surface area (Å²) in [4.78, 5) is 47.0. The van der Waals surface area contributed by atoms with Gasteiger partial charge >= 0.3 is 0 Å². The molecule has 2 heterocycles. The maximum Gasteiger partial charge on any atom is 0.246 e. The normalized spacial score (nSPS) is 21.8. The smallest absolute Gasteiger partial charge is 0.246 e. The fraction of sp³-hybridized carbons (Fsp3) is 0.548. The van der Waals surface area contributed by atoms with E-state index in [2.05, 4.69) is 20.9 Å². The second kappa shape index (κ2) is 16.9. The van der Waals surface area contributed by atoms with Gasteiger partial charge in [-0.1, -0.05) is 49.3 Å². The first-order valence-electron chi connectivity index (χ1n) is 15.3. The highest BCUT2D eigenvalue weighted by molar-refractivity contribution is 7.99. The van der Waals surface area contributed by atoms with E-state index in [0.717, 1.165) is 5.56 Å². The van der Waals surface area contributed by atoms with Crippen LogP contribution in [0.1, 0.15) is 62.6 Å². The summed E-state index contributed by atoms with van der Waals surface area (Å²) < 4.78 is 24.8. The van der Waals surface area contributed by atoms with Gasteiger partial charge in [-0.2, -0.15) is 0 Å². The van der Waals surface area contributed by atoms with Crippen LogP contribution in [0.4, 0.5) is 0 Å². The second-order valence-electron chi connectivity index (χ2n) is 11.6. The standard InChI is InChI=1S/C31H46ClN7O5S2/c1-6-26-29(41)37-17-22-13-21(18(2)19(3)46(5,43)44)14-23(32)27(22)45-30-20(9-8-12-35-30)16-36-24(10-7-11-33)28(40)38-25(15-34)31(42)39(26)4/h8-9,12-14,18-19,24-26,36H,6-7,10-11,15-17,33-34H2,1-5H3,(H,37,41)(H,38,40)/t18?,19-,24-,25-,26-/m0/s1. The lowest BCUT2D eigenvalue weighted by Crippen LogP contribution is -2.58. The lowest BCUT2D eigenvalue weighted by molar-refractivity contribution is -0.142. The number of hydrogen-bond acceptors (Lipinski definition) is 10. The van der Waals surface area contributed by atoms with Gasteiger partial charge in [0.05, 0.1) is 16.3 Å². The molecule has 46 heavy (non-hydrogen) atoms. The molecule has 1 aromatic carbocycles. The Kier molecular flexibility index (Phi) is 13.8. The van der Waals surface area contributed by atoms with Crippen LogP contribution in [0, 0.1) is 0 Å². The molecule has 0 spiro atoms. The Morgan fingerprint density at radius 3 is 2.46 bits per heavy atom. The number of amides is 3. The van der Waals surface area contributed by atoms with Crippen LogP contribution in [-0.2, 0) is 37.3 Å². The Balaban J connectivity index is 2.15. The third-order valence-electron chi connectivity index (χ3n) is 8.46. The van der Waals surface area contributed by atoms with Crippen LogP contribution in [0.2, 0.25) is 5.02 Å². The molecule has 0 saturated carbocycles. The summed E-state index contributed by atoms with van der Waals surface area (Å²) >= 11 is 8.23. The molecule has 12 nitrogen and oxygen atoms in total. The fourth-order valence-corrected chi connectivity index (χ4v) is 7.54. The molecule has 1 aliphatic heterocycles. The van der Waals surface area contributed by atoms with Crippen molar-refractivity contribution in [2.24, 2.45) is 11.5 Å². The van der Waals surface area contributed by atoms with Crippen molar-refractivity contribution in [3.05, 3.63) is 52.2 Å². The van der Waals surface area contributed by atoms with Crippen molar-refractivity contribution < 1.29 is 22.8 Å². The molecule has 1 aliphatic rings. The average Bonchev–Trinajstić information content (AvgIpc) is 3.02. The molecule has 0 radical (unpaired) electrons. The Labute approximate surface area is 281 Å². The lowest BCUT2D eigenvalue weighted by Gasteiger charge is -2.30. The van der Waals surface area contributed by atoms with Gasteiger partial charge < -0.3 is 32.3 Å². The van der Waals surface area contributed by atoms with Crippen molar-refractivity contribution in [2.75, 3.05) is 26.4 Å². The number of likely N-dealkylation sites (N-methyl/N-ethyl adjacent to an activating group) is 1. The summed E-state index contributed by atoms with van der Waals surface area (Å²) in [6.45, 7) is 5.84. The van der Waals surface area contributed by atoms with Gasteiger partial charge in [-0.3, -0.25) is 14.4 Å². The molecule has 1 aromatic heterocycles. The monoisotopic (exact) mass is 695 g/mol. The number of sulfone groups is 1. The highest BCUT2D eigenvalue weighted by atomic mass is 35.5. The van der Waals surface area contributed by atoms with Gasteiger partial charge in [-0.25, -0.2) is 13.4 Å². The number of carbonyl (C=O) groups is 3. The summed E-state index contributed by atoms with van der Waals surface area (Å²) in [6.07, 6.45) is 4.17. The SMILES string of the molecule is CC[C@H]1C(=O)NCc2cc(C(C)[C@H](C)S(C)(=O)=O)cc(Cl)c2Sc2ncccc2CN[C@@H](CCCN)C(=O)N[C@@H](CN)C(=O)N1C. The van der Waals surface area contributed by atoms with Crippen LogP contribution in [0.25, 0.3) is 0 Å². The average molecular weight is 696 g/mol. The van der Waals surface area contributed by atoms with Gasteiger partial charge in [0, 0.05) is 44.0 Å². The highest BCUT2D eigenvalue weighted by Gasteiger charge is 2.32. The zero-order valence-electron chi connectivity index (χ0n) is 27.0. The van der Waals surface area contributed by atoms with Gasteiger partial charge in [-0.05, 0) is 67.5 Å². The van der Waals surface area contributed by atoms with E-state index in [1.165, 1.54) is 30.0 Å². The van der Waals surface area contributed by atoms with E-state index >= 15 is 0 Å². The molecule has 0 fully saturated rings. The number of hydrogen-bond donors (Lipinski definition) is 5. The van der Waals surface area contributed by atoms with Crippen molar-refractivity contribution >= 4 is 50.9 Å². The summed E-state index contributed by atoms with van der Waals surface area (Å²) in [6, 6.07) is 4.74. The molecule has 0 aliphatic carbocycles. The molecule has 5 atom stereocenters. The predicted octanol–water partition coefficient (Wildman–Crippen LogP) is 1.93. The van der Waals surface area contributed by atoms with E-state index in [1.54, 1.807) is 32.2 Å². The molecule has 2 aromatic rings. The maximum atomic E-state index is 13.6. The van der Waals surface area contributed by atoms with Gasteiger partial charge in [-0.15, -0.1) is 0 Å². The molecule has 3 rings (SSSR count). The second-order valence-corrected chi connectivity index (χ2v) is 15.4. The third-order valence-corrected chi connectivity index (χ3v) is 11.9. The molecule has 3 amide bonds. The van der Waals surface area contributed by atoms with Gasteiger partial charge in [0.15, 0.2) is 9.84 Å². The van der Waals surface area contributed by atoms with Crippen molar-refractivity contribution in [1.29, 1.82) is 0 Å². The van der Waals surface area contributed by atoms with Crippen LogP contribution in [0.15, 0.2) is 40.4 Å². The number of nitrogens with two attached hydrogens (primary N) is 2. The Bertz CT molecular complexity index is 1510. The van der Waals surface area contributed by atoms with Crippen molar-refractivity contribution in [3.63, 3.8) is 0 Å². The van der Waals surface area contributed by atoms with E-state index in [1.807, 2.05) is 19.1 Å². The number of halogens is 1. The third kappa shape index (κ3) is 9.41. The van der Waals surface area contributed by atoms with Crippen molar-refractivity contribution in [2.45, 2.75) is 92.3 Å². The van der Waals surface area contributed by atoms with Crippen LogP contribution in [0.3, 0.4) is 0 Å². The van der Waals surface area contributed by atoms with E-state index in [-0.39, 0.29) is 25.6 Å². The van der Waals surface area contributed by atoms with Gasteiger partial charge in [0.25, 0.3) is 0 Å². The minimum Gasteiger partial charge on any atom is -0.350 e. The largest absolute Gasteiger partial charge is 0.350 e. The zero-order chi connectivity index (χ0) is 34.2. The quantitative estimate of drug-likeness (QED) is 0.273. The van der Waals surface area contributed by atoms with Crippen LogP contribution >= 0.6 is 23.4 Å².